The van der Waals surface area contributed by atoms with Crippen molar-refractivity contribution in [1.82, 2.24) is 29.6 Å². The molecule has 2 aliphatic heterocycles. The molecule has 2 atom stereocenters. The maximum atomic E-state index is 15.7. The number of carbonyl (C=O) groups is 1. The second-order valence-electron chi connectivity index (χ2n) is 16.5. The maximum Gasteiger partial charge on any atom is 0.176 e. The van der Waals surface area contributed by atoms with Crippen LogP contribution in [0.25, 0.3) is 0 Å². The van der Waals surface area contributed by atoms with Crippen molar-refractivity contribution in [3.05, 3.63) is 166 Å². The van der Waals surface area contributed by atoms with E-state index in [9.17, 15) is 8.78 Å². The Balaban J connectivity index is 1.07. The monoisotopic (exact) mass is 904 g/mol. The molecule has 6 aromatic rings. The Kier molecular flexibility index (Phi) is 14.7. The highest BCUT2D eigenvalue weighted by Crippen LogP contribution is 2.36. The number of piperazine rings is 2. The summed E-state index contributed by atoms with van der Waals surface area (Å²) in [5, 5.41) is 14.4. The number of benzene rings is 4. The molecule has 2 unspecified atom stereocenters. The molecule has 0 radical (unpaired) electrons. The summed E-state index contributed by atoms with van der Waals surface area (Å²) in [6, 6.07) is 31.5. The fourth-order valence-corrected chi connectivity index (χ4v) is 8.60. The molecule has 2 aliphatic rings. The van der Waals surface area contributed by atoms with Gasteiger partial charge >= 0.3 is 0 Å². The Hall–Kier alpha value is -5.67. The molecular formula is C49H52Cl2F2N10O. The van der Waals surface area contributed by atoms with Crippen LogP contribution >= 0.6 is 23.2 Å². The van der Waals surface area contributed by atoms with Gasteiger partial charge < -0.3 is 31.1 Å². The van der Waals surface area contributed by atoms with Gasteiger partial charge in [0.2, 0.25) is 0 Å². The number of carbonyl (C=O) groups excluding carboxylic acids is 1. The molecule has 2 saturated heterocycles. The van der Waals surface area contributed by atoms with E-state index in [-0.39, 0.29) is 17.4 Å². The zero-order valence-corrected chi connectivity index (χ0v) is 37.4. The van der Waals surface area contributed by atoms with E-state index in [4.69, 9.17) is 23.2 Å². The minimum Gasteiger partial charge on any atom is -0.380 e. The molecule has 332 valence electrons. The van der Waals surface area contributed by atoms with Gasteiger partial charge in [-0.3, -0.25) is 14.6 Å². The average molecular weight is 906 g/mol. The van der Waals surface area contributed by atoms with Crippen LogP contribution in [0.1, 0.15) is 34.3 Å². The number of halogens is 4. The van der Waals surface area contributed by atoms with Crippen LogP contribution in [-0.4, -0.2) is 102 Å². The number of ketones is 1. The number of Topliss-reactive ketones (excluding diaryl/α,β-unsaturated/α-hetero) is 1. The second-order valence-corrected chi connectivity index (χ2v) is 17.3. The van der Waals surface area contributed by atoms with Gasteiger partial charge in [0.25, 0.3) is 0 Å². The van der Waals surface area contributed by atoms with Crippen molar-refractivity contribution < 1.29 is 13.6 Å². The highest BCUT2D eigenvalue weighted by Gasteiger charge is 2.39. The maximum absolute atomic E-state index is 15.7. The first-order valence-electron chi connectivity index (χ1n) is 21.5. The average Bonchev–Trinajstić information content (AvgIpc) is 3.29. The highest BCUT2D eigenvalue weighted by molar-refractivity contribution is 6.33. The number of rotatable bonds is 16. The third kappa shape index (κ3) is 11.5. The Labute approximate surface area is 383 Å². The Bertz CT molecular complexity index is 2380. The second kappa shape index (κ2) is 20.9. The Morgan fingerprint density at radius 2 is 0.984 bits per heavy atom. The summed E-state index contributed by atoms with van der Waals surface area (Å²) in [5.41, 5.74) is 6.20. The van der Waals surface area contributed by atoms with Crippen molar-refractivity contribution >= 4 is 63.4 Å². The van der Waals surface area contributed by atoms with E-state index in [1.54, 1.807) is 24.5 Å². The van der Waals surface area contributed by atoms with Gasteiger partial charge in [-0.15, -0.1) is 0 Å². The van der Waals surface area contributed by atoms with E-state index in [0.29, 0.717) is 46.1 Å². The van der Waals surface area contributed by atoms with E-state index in [1.807, 2.05) is 72.8 Å². The van der Waals surface area contributed by atoms with Gasteiger partial charge in [0.15, 0.2) is 5.78 Å². The number of aromatic nitrogens is 2. The molecule has 2 aromatic heterocycles. The van der Waals surface area contributed by atoms with Crippen LogP contribution in [0.4, 0.5) is 43.2 Å². The van der Waals surface area contributed by atoms with Crippen LogP contribution in [0.3, 0.4) is 0 Å². The minimum atomic E-state index is -0.539. The van der Waals surface area contributed by atoms with Gasteiger partial charge in [-0.1, -0.05) is 71.7 Å². The molecule has 4 heterocycles. The van der Waals surface area contributed by atoms with E-state index in [0.717, 1.165) is 86.0 Å². The lowest BCUT2D eigenvalue weighted by molar-refractivity contribution is -0.131. The van der Waals surface area contributed by atoms with Crippen LogP contribution in [0.15, 0.2) is 122 Å². The summed E-state index contributed by atoms with van der Waals surface area (Å²) in [7, 11) is 4.23. The summed E-state index contributed by atoms with van der Waals surface area (Å²) >= 11 is 13.1. The van der Waals surface area contributed by atoms with Crippen LogP contribution in [-0.2, 0) is 17.9 Å². The summed E-state index contributed by atoms with van der Waals surface area (Å²) in [6.45, 7) is 7.07. The van der Waals surface area contributed by atoms with Crippen molar-refractivity contribution in [2.24, 2.45) is 0 Å². The van der Waals surface area contributed by atoms with Crippen LogP contribution in [0, 0.1) is 11.6 Å². The van der Waals surface area contributed by atoms with Gasteiger partial charge in [0.1, 0.15) is 23.3 Å². The largest absolute Gasteiger partial charge is 0.380 e. The summed E-state index contributed by atoms with van der Waals surface area (Å²) in [5.74, 6) is 0.633. The summed E-state index contributed by atoms with van der Waals surface area (Å²) < 4.78 is 27.7. The lowest BCUT2D eigenvalue weighted by Crippen LogP contribution is -2.52. The lowest BCUT2D eigenvalue weighted by Gasteiger charge is -2.42. The number of nitrogens with zero attached hydrogens (tertiary/aromatic N) is 6. The minimum absolute atomic E-state index is 0.102. The highest BCUT2D eigenvalue weighted by atomic mass is 35.5. The predicted octanol–water partition coefficient (Wildman–Crippen LogP) is 9.62. The smallest absolute Gasteiger partial charge is 0.176 e. The third-order valence-electron chi connectivity index (χ3n) is 11.7. The number of hydrogen-bond donors (Lipinski definition) is 4. The quantitative estimate of drug-likeness (QED) is 0.0747. The van der Waals surface area contributed by atoms with E-state index >= 15 is 4.79 Å². The van der Waals surface area contributed by atoms with E-state index < -0.39 is 12.1 Å². The van der Waals surface area contributed by atoms with Gasteiger partial charge in [-0.25, -0.2) is 18.7 Å². The fourth-order valence-electron chi connectivity index (χ4n) is 8.26. The standard InChI is InChI=1S/C49H52Cl2F2N10O/c1-60-15-19-62(20-16-60)47(35-9-5-13-39(25-35)58-45-27-43(41(50)31-56-45)54-29-33-7-3-11-37(52)23-33)49(64)48(63-21-17-61(2)18-22-63)36-10-6-14-40(26-36)59-46-28-44(42(51)32-57-46)55-30-34-8-4-12-38(53)24-34/h3-14,23-28,31-32,47-48H,15-22,29-30H2,1-2H3,(H2,54,56,58)(H2,55,57,59). The molecule has 4 aromatic carbocycles. The first-order chi connectivity index (χ1) is 31.0. The Morgan fingerprint density at radius 1 is 0.578 bits per heavy atom. The number of nitrogens with one attached hydrogen (secondary N) is 4. The normalized spacial score (nSPS) is 16.2. The molecule has 64 heavy (non-hydrogen) atoms. The molecule has 15 heteroatoms. The topological polar surface area (TPSA) is 104 Å². The first kappa shape index (κ1) is 44.9. The Morgan fingerprint density at radius 3 is 1.39 bits per heavy atom. The molecule has 0 aliphatic carbocycles. The molecule has 11 nitrogen and oxygen atoms in total. The summed E-state index contributed by atoms with van der Waals surface area (Å²) in [4.78, 5) is 34.0. The zero-order chi connectivity index (χ0) is 44.6. The zero-order valence-electron chi connectivity index (χ0n) is 35.9. The number of hydrogen-bond acceptors (Lipinski definition) is 11. The molecular weight excluding hydrogens is 854 g/mol. The van der Waals surface area contributed by atoms with Crippen molar-refractivity contribution in [2.75, 3.05) is 87.7 Å². The fraction of sp³-hybridized carbons (Fsp3) is 0.286. The molecule has 2 fully saturated rings. The van der Waals surface area contributed by atoms with Crippen LogP contribution in [0.5, 0.6) is 0 Å². The molecule has 8 rings (SSSR count). The summed E-state index contributed by atoms with van der Waals surface area (Å²) in [6.07, 6.45) is 3.16. The van der Waals surface area contributed by atoms with Gasteiger partial charge in [-0.05, 0) is 84.9 Å². The number of likely N-dealkylation sites (N-methyl/N-ethyl adjacent to an activating group) is 2. The molecule has 0 saturated carbocycles. The SMILES string of the molecule is CN1CCN(C(C(=O)C(c2cccc(Nc3cc(NCc4cccc(F)c4)c(Cl)cn3)c2)N2CCN(C)CC2)c2cccc(Nc3cc(NCc4cccc(F)c4)c(Cl)cn3)c2)CC1. The van der Waals surface area contributed by atoms with Crippen molar-refractivity contribution in [1.29, 1.82) is 0 Å². The first-order valence-corrected chi connectivity index (χ1v) is 22.2. The predicted molar refractivity (Wildman–Crippen MR) is 254 cm³/mol. The molecule has 0 spiro atoms. The molecule has 0 amide bonds. The van der Waals surface area contributed by atoms with Crippen LogP contribution in [0.2, 0.25) is 10.0 Å². The van der Waals surface area contributed by atoms with Crippen LogP contribution < -0.4 is 21.3 Å². The van der Waals surface area contributed by atoms with Crippen molar-refractivity contribution in [2.45, 2.75) is 25.2 Å². The molecule has 4 N–H and O–H groups in total. The van der Waals surface area contributed by atoms with Crippen molar-refractivity contribution in [3.8, 4) is 0 Å². The molecule has 0 bridgehead atoms. The van der Waals surface area contributed by atoms with Gasteiger partial charge in [-0.2, -0.15) is 0 Å². The van der Waals surface area contributed by atoms with Gasteiger partial charge in [0.05, 0.1) is 45.9 Å². The van der Waals surface area contributed by atoms with Gasteiger partial charge in [0, 0.05) is 89.0 Å². The van der Waals surface area contributed by atoms with Crippen molar-refractivity contribution in [3.63, 3.8) is 0 Å². The van der Waals surface area contributed by atoms with E-state index in [2.05, 4.69) is 64.9 Å². The van der Waals surface area contributed by atoms with E-state index in [1.165, 1.54) is 24.3 Å². The lowest BCUT2D eigenvalue weighted by atomic mass is 9.89. The number of anilines is 6. The third-order valence-corrected chi connectivity index (χ3v) is 12.4. The number of pyridine rings is 2.